The summed E-state index contributed by atoms with van der Waals surface area (Å²) < 4.78 is 52.7. The van der Waals surface area contributed by atoms with Gasteiger partial charge < -0.3 is 143 Å². The minimum atomic E-state index is -2.40. The van der Waals surface area contributed by atoms with Crippen molar-refractivity contribution in [2.45, 2.75) is 285 Å². The van der Waals surface area contributed by atoms with Gasteiger partial charge in [-0.15, -0.1) is 0 Å². The third kappa shape index (κ3) is 24.0. The summed E-state index contributed by atoms with van der Waals surface area (Å²) >= 11 is 7.26. The number of carbonyl (C=O) groups excluding carboxylic acids is 9. The normalized spacial score (nSPS) is 29.5. The molecule has 8 heterocycles. The van der Waals surface area contributed by atoms with E-state index in [0.717, 1.165) is 81.0 Å². The van der Waals surface area contributed by atoms with Crippen LogP contribution in [0.1, 0.15) is 204 Å². The number of hydrogen-bond donors (Lipinski definition) is 21. The van der Waals surface area contributed by atoms with Crippen molar-refractivity contribution in [2.24, 2.45) is 23.3 Å². The van der Waals surface area contributed by atoms with Crippen molar-refractivity contribution in [1.82, 2.24) is 53.2 Å². The third-order valence-corrected chi connectivity index (χ3v) is 24.3. The highest BCUT2D eigenvalue weighted by Gasteiger charge is 2.53. The van der Waals surface area contributed by atoms with Gasteiger partial charge in [0.15, 0.2) is 30.2 Å². The molecule has 23 N–H and O–H groups in total. The van der Waals surface area contributed by atoms with Crippen molar-refractivity contribution in [1.29, 1.82) is 0 Å². The molecule has 11 bridgehead atoms. The molecular formula is C90H123ClN12O26. The Bertz CT molecular complexity index is 4830. The first-order chi connectivity index (χ1) is 61.1. The summed E-state index contributed by atoms with van der Waals surface area (Å²) in [6.07, 6.45) is -15.2. The number of phenols is 3. The van der Waals surface area contributed by atoms with E-state index < -0.39 is 251 Å². The molecule has 3 saturated heterocycles. The lowest BCUT2D eigenvalue weighted by atomic mass is 9.86. The molecular weight excluding hydrogens is 1700 g/mol. The van der Waals surface area contributed by atoms with E-state index in [1.54, 1.807) is 0 Å². The van der Waals surface area contributed by atoms with E-state index in [4.69, 9.17) is 61.0 Å². The van der Waals surface area contributed by atoms with Crippen molar-refractivity contribution in [3.63, 3.8) is 0 Å². The van der Waals surface area contributed by atoms with Crippen LogP contribution in [0.4, 0.5) is 0 Å². The Labute approximate surface area is 752 Å². The standard InChI is InChI=1S/C90H123ClN12O26/c1-12-13-14-15-16-17-18-19-28-96-83(117)69-52-35-49(105)36-58(107)66(52)51-31-46(22-26-57(51)106)67-84(118)103-71(87(121)101-69)75(127-64-38-89(8,92)78(112)43(6)122-64)45-20-24-50(25-21-45)124-60-33-48-34-61(76(60)129-88-77(74(111)73(110)62(40-104)126-88)128-65-39-90(9,93)79(113)44(7)123-65)125-59-27-23-47(32-53(59)91)72(109)70(102-81(115)55(95-11)30-42(4)5)86(120)97-56(82(116)99-68(48)85(119)100-67)37-63(108)98-80(114)54(94-10)29-41(2)3/h20-27,31-36,41-44,54-56,62,64-65,67-75,77-79,88,94-95,104-107,109-113H,12-19,28-30,37-40,92-93H2,1-11H3,(H,96,117)(H,97,120)(H,99,116)(H,100,119)(H,101,121)(H,102,115)(H,103,118)(H,98,108,114)/t43-,44-,54-,55+,56-,62+,64-,65-,67+,68+,69-,70+,71-,72+,73+,74-,75+,77+,78-,79-,88-,89-,90-/m0/s1. The van der Waals surface area contributed by atoms with Gasteiger partial charge in [-0.3, -0.25) is 48.5 Å². The van der Waals surface area contributed by atoms with Gasteiger partial charge in [0.25, 0.3) is 0 Å². The molecule has 0 spiro atoms. The fourth-order valence-corrected chi connectivity index (χ4v) is 17.1. The average molecular weight is 1820 g/mol. The number of hydrogen-bond acceptors (Lipinski definition) is 30. The van der Waals surface area contributed by atoms with Crippen molar-refractivity contribution < 1.29 is 127 Å². The molecule has 0 aromatic heterocycles. The first-order valence-corrected chi connectivity index (χ1v) is 44.1. The van der Waals surface area contributed by atoms with Crippen LogP contribution in [0.2, 0.25) is 5.02 Å². The number of phenolic OH excluding ortho intramolecular Hbond substituents is 3. The molecule has 13 rings (SSSR count). The van der Waals surface area contributed by atoms with E-state index >= 15 is 28.8 Å². The molecule has 0 unspecified atom stereocenters. The highest BCUT2D eigenvalue weighted by molar-refractivity contribution is 6.32. The van der Waals surface area contributed by atoms with E-state index in [9.17, 15) is 60.3 Å². The predicted octanol–water partition coefficient (Wildman–Crippen LogP) is 3.65. The van der Waals surface area contributed by atoms with Crippen molar-refractivity contribution >= 4 is 64.8 Å². The van der Waals surface area contributed by atoms with E-state index in [1.165, 1.54) is 84.3 Å². The lowest BCUT2D eigenvalue weighted by Crippen LogP contribution is -2.64. The quantitative estimate of drug-likeness (QED) is 0.0318. The molecule has 129 heavy (non-hydrogen) atoms. The molecule has 9 amide bonds. The maximum Gasteiger partial charge on any atom is 0.248 e. The van der Waals surface area contributed by atoms with Gasteiger partial charge in [0.05, 0.1) is 54.5 Å². The number of nitrogens with one attached hydrogen (secondary N) is 10. The number of amides is 9. The molecule has 0 saturated carbocycles. The van der Waals surface area contributed by atoms with Crippen LogP contribution < -0.4 is 78.8 Å². The van der Waals surface area contributed by atoms with Crippen molar-refractivity contribution in [3.8, 4) is 57.1 Å². The Balaban J connectivity index is 1.17. The summed E-state index contributed by atoms with van der Waals surface area (Å²) in [5.74, 6) is -15.2. The molecule has 0 aliphatic carbocycles. The Hall–Kier alpha value is -9.98. The van der Waals surface area contributed by atoms with Gasteiger partial charge in [0, 0.05) is 47.7 Å². The molecule has 706 valence electrons. The first-order valence-electron chi connectivity index (χ1n) is 43.8. The Kier molecular flexibility index (Phi) is 33.5. The minimum Gasteiger partial charge on any atom is -0.508 e. The maximum absolute atomic E-state index is 16.9. The molecule has 8 aliphatic rings. The van der Waals surface area contributed by atoms with Crippen LogP contribution in [0.3, 0.4) is 0 Å². The second kappa shape index (κ2) is 43.4. The summed E-state index contributed by atoms with van der Waals surface area (Å²) in [7, 11) is 2.95. The summed E-state index contributed by atoms with van der Waals surface area (Å²) in [6, 6.07) is 1.43. The number of imide groups is 1. The van der Waals surface area contributed by atoms with Gasteiger partial charge >= 0.3 is 0 Å². The summed E-state index contributed by atoms with van der Waals surface area (Å²) in [4.78, 5) is 140. The monoisotopic (exact) mass is 1820 g/mol. The SMILES string of the molecule is CCCCCCCCCCNC(=O)[C@H]1NC(=O)[C@H]2NC(=O)[C@H](NC(=O)[C@@H]3NC(=O)[C@H](CC(=O)NC(=O)[C@H](CC(C)C)NC)NC(=O)[C@H](NC(=O)[C@@H](CC(C)C)NC)[C@H](O)c4ccc(c(Cl)c4)Oc4cc3cc(c4O[C@@H]3O[C@H](CO)[C@@H](O)[C@H](O)[C@H]3O[C@H]3C[C@](C)(N)[C@@H](O)[C@H](C)O3)Oc3ccc(cc3)[C@H]2O[C@H]2C[C@](C)(N)[C@@H](O)[C@H](C)O2)c2ccc(O)c(c2)-c2c(O)cc(O)cc21. The van der Waals surface area contributed by atoms with Gasteiger partial charge in [-0.2, -0.15) is 0 Å². The molecule has 0 radical (unpaired) electrons. The number of fused-ring (bicyclic) bond motifs is 15. The zero-order chi connectivity index (χ0) is 93.9. The molecule has 5 aromatic carbocycles. The molecule has 3 fully saturated rings. The van der Waals surface area contributed by atoms with Gasteiger partial charge in [-0.05, 0) is 155 Å². The molecule has 38 nitrogen and oxygen atoms in total. The van der Waals surface area contributed by atoms with Crippen LogP contribution in [0, 0.1) is 11.8 Å². The number of likely N-dealkylation sites (N-methyl/N-ethyl adjacent to an activating group) is 2. The Morgan fingerprint density at radius 2 is 1.18 bits per heavy atom. The van der Waals surface area contributed by atoms with Crippen molar-refractivity contribution in [2.75, 3.05) is 27.2 Å². The number of aromatic hydroxyl groups is 3. The number of rotatable bonds is 28. The first kappa shape index (κ1) is 99.6. The number of unbranched alkanes of at least 4 members (excludes halogenated alkanes) is 7. The smallest absolute Gasteiger partial charge is 0.248 e. The van der Waals surface area contributed by atoms with Crippen LogP contribution in [0.15, 0.2) is 84.9 Å². The molecule has 8 aliphatic heterocycles. The highest BCUT2D eigenvalue weighted by atomic mass is 35.5. The Morgan fingerprint density at radius 1 is 0.605 bits per heavy atom. The highest BCUT2D eigenvalue weighted by Crippen LogP contribution is 2.50. The summed E-state index contributed by atoms with van der Waals surface area (Å²) in [6.45, 7) is 14.6. The predicted molar refractivity (Wildman–Crippen MR) is 465 cm³/mol. The van der Waals surface area contributed by atoms with E-state index in [2.05, 4.69) is 60.1 Å². The fraction of sp³-hybridized carbons (Fsp3) is 0.567. The third-order valence-electron chi connectivity index (χ3n) is 24.0. The van der Waals surface area contributed by atoms with Crippen LogP contribution in [0.25, 0.3) is 11.1 Å². The van der Waals surface area contributed by atoms with Crippen LogP contribution in [-0.2, 0) is 66.8 Å². The van der Waals surface area contributed by atoms with Gasteiger partial charge in [-0.1, -0.05) is 115 Å². The largest absolute Gasteiger partial charge is 0.508 e. The fourth-order valence-electron chi connectivity index (χ4n) is 16.9. The maximum atomic E-state index is 16.9. The number of halogens is 1. The van der Waals surface area contributed by atoms with Crippen LogP contribution >= 0.6 is 11.6 Å². The number of aliphatic hydroxyl groups excluding tert-OH is 6. The number of aliphatic hydroxyl groups is 6. The topological polar surface area (TPSA) is 582 Å². The van der Waals surface area contributed by atoms with Crippen LogP contribution in [-0.4, -0.2) is 235 Å². The van der Waals surface area contributed by atoms with Gasteiger partial charge in [0.1, 0.15) is 95.5 Å². The summed E-state index contributed by atoms with van der Waals surface area (Å²) in [5.41, 5.74) is 8.52. The van der Waals surface area contributed by atoms with Gasteiger partial charge in [-0.25, -0.2) is 0 Å². The Morgan fingerprint density at radius 3 is 1.78 bits per heavy atom. The molecule has 5 aromatic rings. The number of nitrogens with two attached hydrogens (primary N) is 2. The van der Waals surface area contributed by atoms with Gasteiger partial charge in [0.2, 0.25) is 65.2 Å². The molecule has 23 atom stereocenters. The molecule has 39 heteroatoms. The van der Waals surface area contributed by atoms with E-state index in [-0.39, 0.29) is 88.4 Å². The zero-order valence-corrected chi connectivity index (χ0v) is 74.7. The number of benzene rings is 5. The summed E-state index contributed by atoms with van der Waals surface area (Å²) in [5, 5.41) is 132. The average Bonchev–Trinajstić information content (AvgIpc) is 0.761. The lowest BCUT2D eigenvalue weighted by molar-refractivity contribution is -0.333. The number of carbonyl (C=O) groups is 9. The lowest BCUT2D eigenvalue weighted by Gasteiger charge is -2.47. The zero-order valence-electron chi connectivity index (χ0n) is 74.0. The minimum absolute atomic E-state index is 0.00740. The van der Waals surface area contributed by atoms with Crippen LogP contribution in [0.5, 0.6) is 46.0 Å². The van der Waals surface area contributed by atoms with E-state index in [0.29, 0.717) is 12.8 Å². The second-order valence-electron chi connectivity index (χ2n) is 35.5. The van der Waals surface area contributed by atoms with E-state index in [1.807, 2.05) is 27.7 Å². The van der Waals surface area contributed by atoms with Crippen molar-refractivity contribution in [3.05, 3.63) is 118 Å². The second-order valence-corrected chi connectivity index (χ2v) is 35.9. The number of ether oxygens (including phenoxy) is 8.